The third-order valence-electron chi connectivity index (χ3n) is 4.38. The molecule has 2 aromatic carbocycles. The van der Waals surface area contributed by atoms with Crippen molar-refractivity contribution in [2.24, 2.45) is 0 Å². The molecular weight excluding hydrogens is 386 g/mol. The van der Waals surface area contributed by atoms with Crippen LogP contribution in [0, 0.1) is 6.92 Å². The number of anilines is 1. The zero-order valence-electron chi connectivity index (χ0n) is 16.6. The van der Waals surface area contributed by atoms with Crippen molar-refractivity contribution in [3.8, 4) is 22.8 Å². The van der Waals surface area contributed by atoms with Gasteiger partial charge in [-0.2, -0.15) is 4.98 Å². The van der Waals surface area contributed by atoms with E-state index in [9.17, 15) is 9.59 Å². The summed E-state index contributed by atoms with van der Waals surface area (Å²) in [5.74, 6) is -2.07. The Kier molecular flexibility index (Phi) is 4.83. The summed E-state index contributed by atoms with van der Waals surface area (Å²) >= 11 is 0. The summed E-state index contributed by atoms with van der Waals surface area (Å²) in [6.07, 6.45) is 1.25. The van der Waals surface area contributed by atoms with Crippen molar-refractivity contribution in [1.82, 2.24) is 10.1 Å². The van der Waals surface area contributed by atoms with E-state index in [4.69, 9.17) is 14.0 Å². The minimum Gasteiger partial charge on any atom is -0.419 e. The Hall–Kier alpha value is -3.94. The molecule has 2 heterocycles. The molecule has 0 radical (unpaired) electrons. The molecule has 1 aromatic heterocycles. The summed E-state index contributed by atoms with van der Waals surface area (Å²) in [5.41, 5.74) is 2.90. The van der Waals surface area contributed by atoms with Crippen LogP contribution in [0.1, 0.15) is 19.4 Å². The first kappa shape index (κ1) is 19.4. The van der Waals surface area contributed by atoms with Crippen LogP contribution in [0.2, 0.25) is 0 Å². The van der Waals surface area contributed by atoms with Crippen molar-refractivity contribution in [2.75, 3.05) is 5.32 Å². The van der Waals surface area contributed by atoms with Gasteiger partial charge in [-0.15, -0.1) is 0 Å². The van der Waals surface area contributed by atoms with E-state index < -0.39 is 17.7 Å². The minimum atomic E-state index is -1.29. The molecule has 4 rings (SSSR count). The lowest BCUT2D eigenvalue weighted by molar-refractivity contribution is -0.222. The molecule has 0 unspecified atom stereocenters. The molecule has 0 atom stereocenters. The number of aryl methyl sites for hydroxylation is 1. The highest BCUT2D eigenvalue weighted by Gasteiger charge is 2.39. The number of aromatic nitrogens is 2. The Morgan fingerprint density at radius 2 is 1.63 bits per heavy atom. The maximum atomic E-state index is 12.1. The molecule has 0 amide bonds. The number of para-hydroxylation sites is 1. The summed E-state index contributed by atoms with van der Waals surface area (Å²) in [4.78, 5) is 28.7. The number of carbonyl (C=O) groups is 2. The van der Waals surface area contributed by atoms with Crippen LogP contribution >= 0.6 is 0 Å². The van der Waals surface area contributed by atoms with E-state index in [1.54, 1.807) is 18.2 Å². The van der Waals surface area contributed by atoms with Gasteiger partial charge in [0.15, 0.2) is 5.57 Å². The number of carbonyl (C=O) groups excluding carboxylic acids is 2. The first-order valence-corrected chi connectivity index (χ1v) is 9.26. The van der Waals surface area contributed by atoms with Gasteiger partial charge in [0.05, 0.1) is 11.3 Å². The smallest absolute Gasteiger partial charge is 0.350 e. The van der Waals surface area contributed by atoms with Gasteiger partial charge < -0.3 is 19.3 Å². The first-order valence-electron chi connectivity index (χ1n) is 9.26. The van der Waals surface area contributed by atoms with Crippen LogP contribution < -0.4 is 5.32 Å². The van der Waals surface area contributed by atoms with E-state index in [0.29, 0.717) is 23.0 Å². The zero-order valence-corrected chi connectivity index (χ0v) is 16.6. The largest absolute Gasteiger partial charge is 0.419 e. The fourth-order valence-corrected chi connectivity index (χ4v) is 2.88. The zero-order chi connectivity index (χ0) is 21.3. The number of rotatable bonds is 4. The molecular formula is C22H19N3O5. The Morgan fingerprint density at radius 3 is 2.33 bits per heavy atom. The Balaban J connectivity index is 1.60. The molecule has 3 aromatic rings. The van der Waals surface area contributed by atoms with Gasteiger partial charge in [0.25, 0.3) is 11.7 Å². The Morgan fingerprint density at radius 1 is 0.967 bits per heavy atom. The predicted octanol–water partition coefficient (Wildman–Crippen LogP) is 3.84. The highest BCUT2D eigenvalue weighted by atomic mass is 16.7. The van der Waals surface area contributed by atoms with E-state index >= 15 is 0 Å². The molecule has 1 N–H and O–H groups in total. The summed E-state index contributed by atoms with van der Waals surface area (Å²) < 4.78 is 15.6. The van der Waals surface area contributed by atoms with Gasteiger partial charge in [0, 0.05) is 25.6 Å². The predicted molar refractivity (Wildman–Crippen MR) is 108 cm³/mol. The van der Waals surface area contributed by atoms with Crippen LogP contribution in [0.3, 0.4) is 0 Å². The fraction of sp³-hybridized carbons (Fsp3) is 0.182. The number of hydrogen-bond donors (Lipinski definition) is 1. The number of nitrogens with zero attached hydrogens (tertiary/aromatic N) is 2. The van der Waals surface area contributed by atoms with Gasteiger partial charge >= 0.3 is 11.9 Å². The Labute approximate surface area is 172 Å². The lowest BCUT2D eigenvalue weighted by Gasteiger charge is -2.29. The average molecular weight is 405 g/mol. The molecule has 8 heteroatoms. The molecule has 30 heavy (non-hydrogen) atoms. The van der Waals surface area contributed by atoms with Gasteiger partial charge in [-0.1, -0.05) is 47.1 Å². The maximum Gasteiger partial charge on any atom is 0.350 e. The number of esters is 2. The second-order valence-electron chi connectivity index (χ2n) is 7.22. The van der Waals surface area contributed by atoms with Gasteiger partial charge in [-0.25, -0.2) is 9.59 Å². The van der Waals surface area contributed by atoms with Crippen LogP contribution in [0.15, 0.2) is 64.8 Å². The SMILES string of the molecule is Cc1ccc(-c2noc(-c3ccccc3NC=C3C(=O)OC(C)(C)OC3=O)n2)cc1. The normalized spacial score (nSPS) is 15.4. The molecule has 1 aliphatic rings. The van der Waals surface area contributed by atoms with Crippen LogP contribution in [0.5, 0.6) is 0 Å². The van der Waals surface area contributed by atoms with E-state index in [1.807, 2.05) is 37.3 Å². The second-order valence-corrected chi connectivity index (χ2v) is 7.22. The number of hydrogen-bond acceptors (Lipinski definition) is 8. The summed E-state index contributed by atoms with van der Waals surface area (Å²) in [7, 11) is 0. The third-order valence-corrected chi connectivity index (χ3v) is 4.38. The van der Waals surface area contributed by atoms with Gasteiger partial charge in [0.2, 0.25) is 5.82 Å². The summed E-state index contributed by atoms with van der Waals surface area (Å²) in [6, 6.07) is 14.9. The highest BCUT2D eigenvalue weighted by molar-refractivity contribution is 6.15. The molecule has 0 aliphatic carbocycles. The van der Waals surface area contributed by atoms with Crippen molar-refractivity contribution in [1.29, 1.82) is 0 Å². The maximum absolute atomic E-state index is 12.1. The Bertz CT molecular complexity index is 1120. The lowest BCUT2D eigenvalue weighted by Crippen LogP contribution is -2.42. The van der Waals surface area contributed by atoms with Crippen molar-refractivity contribution in [2.45, 2.75) is 26.6 Å². The molecule has 0 spiro atoms. The molecule has 152 valence electrons. The summed E-state index contributed by atoms with van der Waals surface area (Å²) in [6.45, 7) is 4.98. The van der Waals surface area contributed by atoms with Gasteiger partial charge in [0.1, 0.15) is 0 Å². The quantitative estimate of drug-likeness (QED) is 0.397. The van der Waals surface area contributed by atoms with Crippen LogP contribution in [0.4, 0.5) is 5.69 Å². The molecule has 1 aliphatic heterocycles. The average Bonchev–Trinajstić information content (AvgIpc) is 3.17. The number of nitrogens with one attached hydrogen (secondary N) is 1. The monoisotopic (exact) mass is 405 g/mol. The van der Waals surface area contributed by atoms with Crippen LogP contribution in [-0.2, 0) is 19.1 Å². The van der Waals surface area contributed by atoms with E-state index in [0.717, 1.165) is 11.1 Å². The van der Waals surface area contributed by atoms with E-state index in [-0.39, 0.29) is 5.57 Å². The van der Waals surface area contributed by atoms with Crippen LogP contribution in [-0.4, -0.2) is 27.9 Å². The molecule has 1 saturated heterocycles. The molecule has 0 saturated carbocycles. The molecule has 8 nitrogen and oxygen atoms in total. The fourth-order valence-electron chi connectivity index (χ4n) is 2.88. The minimum absolute atomic E-state index is 0.241. The topological polar surface area (TPSA) is 104 Å². The van der Waals surface area contributed by atoms with Crippen molar-refractivity contribution in [3.05, 3.63) is 65.9 Å². The third kappa shape index (κ3) is 3.93. The highest BCUT2D eigenvalue weighted by Crippen LogP contribution is 2.29. The van der Waals surface area contributed by atoms with Crippen molar-refractivity contribution < 1.29 is 23.6 Å². The van der Waals surface area contributed by atoms with Gasteiger partial charge in [-0.05, 0) is 19.1 Å². The standard InChI is InChI=1S/C22H19N3O5/c1-13-8-10-14(11-9-13)18-24-19(30-25-18)15-6-4-5-7-17(15)23-12-16-20(26)28-22(2,3)29-21(16)27/h4-12,23H,1-3H3. The first-order chi connectivity index (χ1) is 14.3. The molecule has 1 fully saturated rings. The second kappa shape index (κ2) is 7.47. The van der Waals surface area contributed by atoms with E-state index in [1.165, 1.54) is 20.0 Å². The van der Waals surface area contributed by atoms with Gasteiger partial charge in [-0.3, -0.25) is 0 Å². The van der Waals surface area contributed by atoms with Crippen molar-refractivity contribution in [3.63, 3.8) is 0 Å². The molecule has 0 bridgehead atoms. The van der Waals surface area contributed by atoms with Crippen molar-refractivity contribution >= 4 is 17.6 Å². The number of ether oxygens (including phenoxy) is 2. The lowest BCUT2D eigenvalue weighted by atomic mass is 10.1. The summed E-state index contributed by atoms with van der Waals surface area (Å²) in [5, 5.41) is 6.98. The van der Waals surface area contributed by atoms with E-state index in [2.05, 4.69) is 15.5 Å². The number of benzene rings is 2. The van der Waals surface area contributed by atoms with Crippen LogP contribution in [0.25, 0.3) is 22.8 Å². The number of cyclic esters (lactones) is 2.